The summed E-state index contributed by atoms with van der Waals surface area (Å²) in [5.41, 5.74) is 3.95. The number of rotatable bonds is 6. The Kier molecular flexibility index (Phi) is 5.41. The average molecular weight is 484 g/mol. The molecule has 0 amide bonds. The summed E-state index contributed by atoms with van der Waals surface area (Å²) in [6.07, 6.45) is 3.72. The molecule has 3 aromatic heterocycles. The zero-order chi connectivity index (χ0) is 22.9. The molecule has 34 heavy (non-hydrogen) atoms. The molecule has 0 saturated carbocycles. The van der Waals surface area contributed by atoms with Crippen molar-refractivity contribution in [1.29, 1.82) is 0 Å². The van der Waals surface area contributed by atoms with E-state index in [0.717, 1.165) is 44.5 Å². The topological polar surface area (TPSA) is 72.5 Å². The van der Waals surface area contributed by atoms with Crippen molar-refractivity contribution in [3.8, 4) is 28.4 Å². The van der Waals surface area contributed by atoms with E-state index in [-0.39, 0.29) is 0 Å². The number of hydrogen-bond acceptors (Lipinski definition) is 5. The van der Waals surface area contributed by atoms with Gasteiger partial charge >= 0.3 is 0 Å². The number of nitrogens with zero attached hydrogens (tertiary/aromatic N) is 4. The minimum absolute atomic E-state index is 0.520. The first-order valence-corrected chi connectivity index (χ1v) is 12.0. The highest BCUT2D eigenvalue weighted by Gasteiger charge is 2.19. The van der Waals surface area contributed by atoms with Gasteiger partial charge in [0.1, 0.15) is 0 Å². The number of oxazole rings is 1. The van der Waals surface area contributed by atoms with Crippen molar-refractivity contribution in [1.82, 2.24) is 24.7 Å². The van der Waals surface area contributed by atoms with E-state index in [2.05, 4.69) is 26.2 Å². The van der Waals surface area contributed by atoms with Crippen molar-refractivity contribution in [2.24, 2.45) is 0 Å². The fraction of sp³-hybridized carbons (Fsp3) is 0.0385. The van der Waals surface area contributed by atoms with Crippen LogP contribution in [0.15, 0.2) is 101 Å². The Morgan fingerprint density at radius 2 is 1.71 bits per heavy atom. The van der Waals surface area contributed by atoms with E-state index in [9.17, 15) is 0 Å². The van der Waals surface area contributed by atoms with Crippen LogP contribution >= 0.6 is 23.4 Å². The Labute approximate surface area is 204 Å². The standard InChI is InChI=1S/C26H18ClN5OS/c27-18-10-12-19(13-11-18)32-25(21-14-28-22-9-5-4-8-20(21)22)30-31-26(32)34-16-24-29-15-23(33-24)17-6-2-1-3-7-17/h1-15,28H,16H2. The van der Waals surface area contributed by atoms with Crippen molar-refractivity contribution in [2.45, 2.75) is 10.9 Å². The molecule has 0 atom stereocenters. The molecule has 0 aliphatic rings. The molecule has 0 fully saturated rings. The Hall–Kier alpha value is -3.81. The molecule has 3 heterocycles. The SMILES string of the molecule is Clc1ccc(-n2c(SCc3ncc(-c4ccccc4)o3)nnc2-c2c[nH]c3ccccc23)cc1. The lowest BCUT2D eigenvalue weighted by Gasteiger charge is -2.10. The third-order valence-corrected chi connectivity index (χ3v) is 6.65. The monoisotopic (exact) mass is 483 g/mol. The Morgan fingerprint density at radius 1 is 0.912 bits per heavy atom. The molecule has 0 radical (unpaired) electrons. The number of H-pyrrole nitrogens is 1. The molecular weight excluding hydrogens is 466 g/mol. The van der Waals surface area contributed by atoms with E-state index >= 15 is 0 Å². The van der Waals surface area contributed by atoms with E-state index < -0.39 is 0 Å². The quantitative estimate of drug-likeness (QED) is 0.258. The molecule has 0 unspecified atom stereocenters. The second-order valence-corrected chi connectivity index (χ2v) is 9.02. The van der Waals surface area contributed by atoms with Gasteiger partial charge in [0.15, 0.2) is 16.7 Å². The van der Waals surface area contributed by atoms with Crippen LogP contribution in [0.4, 0.5) is 0 Å². The zero-order valence-corrected chi connectivity index (χ0v) is 19.4. The molecule has 6 nitrogen and oxygen atoms in total. The molecule has 1 N–H and O–H groups in total. The van der Waals surface area contributed by atoms with Gasteiger partial charge in [-0.15, -0.1) is 10.2 Å². The highest BCUT2D eigenvalue weighted by Crippen LogP contribution is 2.34. The lowest BCUT2D eigenvalue weighted by atomic mass is 10.1. The van der Waals surface area contributed by atoms with Gasteiger partial charge in [-0.05, 0) is 30.3 Å². The highest BCUT2D eigenvalue weighted by molar-refractivity contribution is 7.98. The van der Waals surface area contributed by atoms with Crippen LogP contribution in [-0.2, 0) is 5.75 Å². The molecule has 3 aromatic carbocycles. The second kappa shape index (κ2) is 8.85. The van der Waals surface area contributed by atoms with Gasteiger partial charge in [-0.1, -0.05) is 71.9 Å². The number of benzene rings is 3. The molecule has 0 aliphatic carbocycles. The van der Waals surface area contributed by atoms with Crippen LogP contribution in [0.1, 0.15) is 5.89 Å². The fourth-order valence-electron chi connectivity index (χ4n) is 3.86. The highest BCUT2D eigenvalue weighted by atomic mass is 35.5. The number of nitrogens with one attached hydrogen (secondary N) is 1. The number of aromatic nitrogens is 5. The van der Waals surface area contributed by atoms with Gasteiger partial charge in [-0.3, -0.25) is 4.57 Å². The van der Waals surface area contributed by atoms with Crippen LogP contribution in [0.3, 0.4) is 0 Å². The van der Waals surface area contributed by atoms with Gasteiger partial charge in [0.2, 0.25) is 5.89 Å². The summed E-state index contributed by atoms with van der Waals surface area (Å²) in [5, 5.41) is 11.6. The van der Waals surface area contributed by atoms with E-state index in [1.54, 1.807) is 6.20 Å². The van der Waals surface area contributed by atoms with Gasteiger partial charge in [-0.2, -0.15) is 0 Å². The molecule has 166 valence electrons. The summed E-state index contributed by atoms with van der Waals surface area (Å²) in [4.78, 5) is 7.78. The number of thioether (sulfide) groups is 1. The fourth-order valence-corrected chi connectivity index (χ4v) is 4.79. The van der Waals surface area contributed by atoms with Crippen LogP contribution in [0.25, 0.3) is 39.3 Å². The third kappa shape index (κ3) is 3.89. The summed E-state index contributed by atoms with van der Waals surface area (Å²) < 4.78 is 8.02. The molecule has 0 saturated heterocycles. The van der Waals surface area contributed by atoms with E-state index in [0.29, 0.717) is 16.7 Å². The smallest absolute Gasteiger partial charge is 0.205 e. The first kappa shape index (κ1) is 20.8. The van der Waals surface area contributed by atoms with Gasteiger partial charge < -0.3 is 9.40 Å². The summed E-state index contributed by atoms with van der Waals surface area (Å²) in [6.45, 7) is 0. The maximum atomic E-state index is 6.15. The maximum absolute atomic E-state index is 6.15. The molecule has 0 spiro atoms. The summed E-state index contributed by atoms with van der Waals surface area (Å²) in [7, 11) is 0. The summed E-state index contributed by atoms with van der Waals surface area (Å²) >= 11 is 7.67. The van der Waals surface area contributed by atoms with E-state index in [4.69, 9.17) is 16.0 Å². The Bertz CT molecular complexity index is 1570. The lowest BCUT2D eigenvalue weighted by molar-refractivity contribution is 0.529. The molecule has 0 aliphatic heterocycles. The maximum Gasteiger partial charge on any atom is 0.205 e. The molecule has 6 aromatic rings. The first-order chi connectivity index (χ1) is 16.8. The molecular formula is C26H18ClN5OS. The minimum atomic E-state index is 0.520. The predicted molar refractivity (Wildman–Crippen MR) is 135 cm³/mol. The van der Waals surface area contributed by atoms with Gasteiger partial charge in [-0.25, -0.2) is 4.98 Å². The van der Waals surface area contributed by atoms with Crippen molar-refractivity contribution in [3.05, 3.63) is 102 Å². The number of fused-ring (bicyclic) bond motifs is 1. The second-order valence-electron chi connectivity index (χ2n) is 7.64. The van der Waals surface area contributed by atoms with Crippen LogP contribution in [0.5, 0.6) is 0 Å². The number of aromatic amines is 1. The van der Waals surface area contributed by atoms with Crippen LogP contribution < -0.4 is 0 Å². The molecule has 0 bridgehead atoms. The van der Waals surface area contributed by atoms with Gasteiger partial charge in [0.25, 0.3) is 0 Å². The number of hydrogen-bond donors (Lipinski definition) is 1. The van der Waals surface area contributed by atoms with Crippen molar-refractivity contribution >= 4 is 34.3 Å². The minimum Gasteiger partial charge on any atom is -0.440 e. The van der Waals surface area contributed by atoms with Crippen molar-refractivity contribution in [3.63, 3.8) is 0 Å². The molecule has 8 heteroatoms. The molecule has 6 rings (SSSR count). The normalized spacial score (nSPS) is 11.3. The summed E-state index contributed by atoms with van der Waals surface area (Å²) in [6, 6.07) is 25.8. The van der Waals surface area contributed by atoms with Crippen molar-refractivity contribution < 1.29 is 4.42 Å². The number of para-hydroxylation sites is 1. The van der Waals surface area contributed by atoms with Gasteiger partial charge in [0, 0.05) is 38.9 Å². The zero-order valence-electron chi connectivity index (χ0n) is 17.9. The van der Waals surface area contributed by atoms with Crippen LogP contribution in [0.2, 0.25) is 5.02 Å². The van der Waals surface area contributed by atoms with Crippen LogP contribution in [0, 0.1) is 0 Å². The largest absolute Gasteiger partial charge is 0.440 e. The average Bonchev–Trinajstić information content (AvgIpc) is 3.62. The van der Waals surface area contributed by atoms with Crippen molar-refractivity contribution in [2.75, 3.05) is 0 Å². The summed E-state index contributed by atoms with van der Waals surface area (Å²) in [5.74, 6) is 2.64. The lowest BCUT2D eigenvalue weighted by Crippen LogP contribution is -1.99. The van der Waals surface area contributed by atoms with Gasteiger partial charge in [0.05, 0.1) is 11.9 Å². The van der Waals surface area contributed by atoms with Crippen LogP contribution in [-0.4, -0.2) is 24.7 Å². The Balaban J connectivity index is 1.36. The Morgan fingerprint density at radius 3 is 2.56 bits per heavy atom. The first-order valence-electron chi connectivity index (χ1n) is 10.7. The predicted octanol–water partition coefficient (Wildman–Crippen LogP) is 7.02. The van der Waals surface area contributed by atoms with E-state index in [1.807, 2.05) is 83.6 Å². The third-order valence-electron chi connectivity index (χ3n) is 5.48. The number of halogens is 1. The van der Waals surface area contributed by atoms with E-state index in [1.165, 1.54) is 11.8 Å².